The predicted molar refractivity (Wildman–Crippen MR) is 63.4 cm³/mol. The van der Waals surface area contributed by atoms with E-state index in [0.717, 1.165) is 16.7 Å². The van der Waals surface area contributed by atoms with Gasteiger partial charge >= 0.3 is 5.97 Å². The van der Waals surface area contributed by atoms with Gasteiger partial charge in [0.1, 0.15) is 5.75 Å². The molecule has 0 aromatic heterocycles. The van der Waals surface area contributed by atoms with Gasteiger partial charge in [0.2, 0.25) is 0 Å². The summed E-state index contributed by atoms with van der Waals surface area (Å²) in [6.45, 7) is 3.84. The third kappa shape index (κ3) is 2.67. The van der Waals surface area contributed by atoms with Crippen LogP contribution in [-0.4, -0.2) is 18.2 Å². The van der Waals surface area contributed by atoms with Gasteiger partial charge in [-0.05, 0) is 37.0 Å². The fraction of sp³-hybridized carbons (Fsp3) is 0.417. The van der Waals surface area contributed by atoms with Crippen molar-refractivity contribution in [1.82, 2.24) is 0 Å². The molecule has 0 amide bonds. The average molecular weight is 243 g/mol. The molecule has 1 rings (SSSR count). The van der Waals surface area contributed by atoms with E-state index in [0.29, 0.717) is 17.2 Å². The van der Waals surface area contributed by atoms with Crippen molar-refractivity contribution in [2.45, 2.75) is 26.7 Å². The number of hydrogen-bond acceptors (Lipinski definition) is 2. The van der Waals surface area contributed by atoms with Crippen LogP contribution >= 0.6 is 11.6 Å². The highest BCUT2D eigenvalue weighted by molar-refractivity contribution is 6.33. The molecule has 88 valence electrons. The number of carbonyl (C=O) groups is 1. The Balaban J connectivity index is 3.15. The van der Waals surface area contributed by atoms with Crippen molar-refractivity contribution in [3.8, 4) is 5.75 Å². The topological polar surface area (TPSA) is 46.5 Å². The summed E-state index contributed by atoms with van der Waals surface area (Å²) in [5.74, 6) is -0.224. The van der Waals surface area contributed by atoms with Crippen LogP contribution in [0.3, 0.4) is 0 Å². The minimum Gasteiger partial charge on any atom is -0.495 e. The first kappa shape index (κ1) is 12.8. The Morgan fingerprint density at radius 2 is 2.06 bits per heavy atom. The van der Waals surface area contributed by atoms with E-state index in [2.05, 4.69) is 0 Å². The third-order valence-electron chi connectivity index (χ3n) is 2.52. The van der Waals surface area contributed by atoms with Crippen LogP contribution in [0.2, 0.25) is 5.02 Å². The molecule has 0 aliphatic heterocycles. The van der Waals surface area contributed by atoms with Crippen LogP contribution in [0.4, 0.5) is 0 Å². The lowest BCUT2D eigenvalue weighted by Gasteiger charge is -2.14. The molecule has 3 nitrogen and oxygen atoms in total. The number of benzene rings is 1. The summed E-state index contributed by atoms with van der Waals surface area (Å²) >= 11 is 6.11. The van der Waals surface area contributed by atoms with Crippen molar-refractivity contribution in [1.29, 1.82) is 0 Å². The molecule has 0 spiro atoms. The molecule has 0 aliphatic rings. The normalized spacial score (nSPS) is 10.2. The lowest BCUT2D eigenvalue weighted by molar-refractivity contribution is -0.136. The maximum absolute atomic E-state index is 10.6. The highest BCUT2D eigenvalue weighted by Crippen LogP contribution is 2.34. The summed E-state index contributed by atoms with van der Waals surface area (Å²) in [5.41, 5.74) is 2.83. The van der Waals surface area contributed by atoms with Crippen LogP contribution in [0.25, 0.3) is 0 Å². The summed E-state index contributed by atoms with van der Waals surface area (Å²) in [6.07, 6.45) is 0.515. The number of ether oxygens (including phenoxy) is 1. The predicted octanol–water partition coefficient (Wildman–Crippen LogP) is 2.98. The maximum Gasteiger partial charge on any atom is 0.303 e. The Morgan fingerprint density at radius 1 is 1.44 bits per heavy atom. The van der Waals surface area contributed by atoms with E-state index in [9.17, 15) is 4.79 Å². The molecule has 0 saturated carbocycles. The van der Waals surface area contributed by atoms with Crippen molar-refractivity contribution in [2.24, 2.45) is 0 Å². The fourth-order valence-corrected chi connectivity index (χ4v) is 1.97. The summed E-state index contributed by atoms with van der Waals surface area (Å²) in [7, 11) is 1.55. The van der Waals surface area contributed by atoms with Gasteiger partial charge in [-0.1, -0.05) is 17.7 Å². The zero-order valence-electron chi connectivity index (χ0n) is 9.63. The zero-order valence-corrected chi connectivity index (χ0v) is 10.4. The molecule has 0 atom stereocenters. The Bertz CT molecular complexity index is 413. The van der Waals surface area contributed by atoms with Gasteiger partial charge in [0.25, 0.3) is 0 Å². The van der Waals surface area contributed by atoms with Crippen molar-refractivity contribution < 1.29 is 14.6 Å². The van der Waals surface area contributed by atoms with E-state index in [-0.39, 0.29) is 6.42 Å². The fourth-order valence-electron chi connectivity index (χ4n) is 1.72. The molecule has 0 fully saturated rings. The van der Waals surface area contributed by atoms with Crippen LogP contribution in [0, 0.1) is 13.8 Å². The van der Waals surface area contributed by atoms with Crippen LogP contribution in [0.1, 0.15) is 23.1 Å². The van der Waals surface area contributed by atoms with Crippen LogP contribution < -0.4 is 4.74 Å². The number of halogens is 1. The third-order valence-corrected chi connectivity index (χ3v) is 2.99. The number of hydrogen-bond donors (Lipinski definition) is 1. The minimum absolute atomic E-state index is 0.0800. The molecule has 1 aromatic rings. The van der Waals surface area contributed by atoms with E-state index >= 15 is 0 Å². The number of carboxylic acids is 1. The smallest absolute Gasteiger partial charge is 0.303 e. The van der Waals surface area contributed by atoms with Gasteiger partial charge in [0, 0.05) is 6.42 Å². The first-order chi connectivity index (χ1) is 7.47. The van der Waals surface area contributed by atoms with Gasteiger partial charge in [0.15, 0.2) is 0 Å². The largest absolute Gasteiger partial charge is 0.495 e. The Kier molecular flexibility index (Phi) is 4.19. The highest BCUT2D eigenvalue weighted by Gasteiger charge is 2.14. The second-order valence-electron chi connectivity index (χ2n) is 3.73. The lowest BCUT2D eigenvalue weighted by Crippen LogP contribution is -2.02. The molecule has 4 heteroatoms. The number of aryl methyl sites for hydroxylation is 2. The molecule has 0 aliphatic carbocycles. The minimum atomic E-state index is -0.821. The Labute approximate surface area is 100.0 Å². The van der Waals surface area contributed by atoms with Crippen molar-refractivity contribution in [3.63, 3.8) is 0 Å². The Hall–Kier alpha value is -1.22. The van der Waals surface area contributed by atoms with Gasteiger partial charge in [-0.3, -0.25) is 4.79 Å². The molecule has 0 radical (unpaired) electrons. The van der Waals surface area contributed by atoms with Crippen LogP contribution in [-0.2, 0) is 11.2 Å². The second-order valence-corrected chi connectivity index (χ2v) is 4.11. The highest BCUT2D eigenvalue weighted by atomic mass is 35.5. The summed E-state index contributed by atoms with van der Waals surface area (Å²) < 4.78 is 5.25. The first-order valence-corrected chi connectivity index (χ1v) is 5.39. The van der Waals surface area contributed by atoms with E-state index in [1.54, 1.807) is 7.11 Å². The lowest BCUT2D eigenvalue weighted by atomic mass is 10.00. The van der Waals surface area contributed by atoms with Crippen LogP contribution in [0.5, 0.6) is 5.75 Å². The molecular weight excluding hydrogens is 228 g/mol. The van der Waals surface area contributed by atoms with Crippen molar-refractivity contribution in [2.75, 3.05) is 7.11 Å². The van der Waals surface area contributed by atoms with E-state index in [4.69, 9.17) is 21.4 Å². The standard InChI is InChI=1S/C12H15ClO3/c1-7-6-8(2)11(13)12(16-3)9(7)4-5-10(14)15/h6H,4-5H2,1-3H3,(H,14,15). The van der Waals surface area contributed by atoms with Crippen molar-refractivity contribution in [3.05, 3.63) is 27.8 Å². The van der Waals surface area contributed by atoms with Gasteiger partial charge in [-0.2, -0.15) is 0 Å². The number of aliphatic carboxylic acids is 1. The first-order valence-electron chi connectivity index (χ1n) is 5.01. The second kappa shape index (κ2) is 5.21. The average Bonchev–Trinajstić information content (AvgIpc) is 2.21. The quantitative estimate of drug-likeness (QED) is 0.883. The SMILES string of the molecule is COc1c(Cl)c(C)cc(C)c1CCC(=O)O. The van der Waals surface area contributed by atoms with Crippen molar-refractivity contribution >= 4 is 17.6 Å². The summed E-state index contributed by atoms with van der Waals surface area (Å²) in [5, 5.41) is 9.24. The Morgan fingerprint density at radius 3 is 2.56 bits per heavy atom. The monoisotopic (exact) mass is 242 g/mol. The van der Waals surface area contributed by atoms with E-state index < -0.39 is 5.97 Å². The maximum atomic E-state index is 10.6. The molecule has 1 aromatic carbocycles. The molecule has 0 heterocycles. The number of carboxylic acid groups (broad SMARTS) is 1. The van der Waals surface area contributed by atoms with E-state index in [1.165, 1.54) is 0 Å². The molecule has 0 bridgehead atoms. The molecular formula is C12H15ClO3. The summed E-state index contributed by atoms with van der Waals surface area (Å²) in [4.78, 5) is 10.6. The number of rotatable bonds is 4. The molecule has 1 N–H and O–H groups in total. The van der Waals surface area contributed by atoms with Crippen LogP contribution in [0.15, 0.2) is 6.07 Å². The van der Waals surface area contributed by atoms with E-state index in [1.807, 2.05) is 19.9 Å². The van der Waals surface area contributed by atoms with Gasteiger partial charge in [-0.15, -0.1) is 0 Å². The number of methoxy groups -OCH3 is 1. The van der Waals surface area contributed by atoms with Gasteiger partial charge < -0.3 is 9.84 Å². The zero-order chi connectivity index (χ0) is 12.3. The van der Waals surface area contributed by atoms with Gasteiger partial charge in [-0.25, -0.2) is 0 Å². The molecule has 16 heavy (non-hydrogen) atoms. The molecule has 0 saturated heterocycles. The summed E-state index contributed by atoms with van der Waals surface area (Å²) in [6, 6.07) is 1.95. The van der Waals surface area contributed by atoms with Gasteiger partial charge in [0.05, 0.1) is 12.1 Å². The molecule has 0 unspecified atom stereocenters.